The molecule has 0 radical (unpaired) electrons. The molecule has 0 heterocycles. The Balaban J connectivity index is 0.000000810. The van der Waals surface area contributed by atoms with Crippen LogP contribution in [-0.4, -0.2) is 24.7 Å². The van der Waals surface area contributed by atoms with Gasteiger partial charge in [0.1, 0.15) is 0 Å². The first kappa shape index (κ1) is 11.3. The number of allylic oxidation sites excluding steroid dienone is 4. The molecule has 52 valence electrons. The van der Waals surface area contributed by atoms with Crippen LogP contribution in [0.15, 0.2) is 23.3 Å². The zero-order chi connectivity index (χ0) is 6.91. The van der Waals surface area contributed by atoms with Crippen LogP contribution < -0.4 is 17.0 Å². The predicted octanol–water partition coefficient (Wildman–Crippen LogP) is -0.823. The van der Waals surface area contributed by atoms with Gasteiger partial charge in [-0.05, 0) is 0 Å². The van der Waals surface area contributed by atoms with Gasteiger partial charge >= 0.3 is 77.6 Å². The van der Waals surface area contributed by atoms with E-state index in [1.165, 1.54) is 0 Å². The molecule has 0 aromatic carbocycles. The van der Waals surface area contributed by atoms with Crippen molar-refractivity contribution >= 4 is 44.9 Å². The molecule has 0 spiro atoms. The van der Waals surface area contributed by atoms with Gasteiger partial charge in [-0.25, -0.2) is 0 Å². The van der Waals surface area contributed by atoms with Crippen LogP contribution >= 0.6 is 23.2 Å². The predicted molar refractivity (Wildman–Crippen MR) is 42.0 cm³/mol. The van der Waals surface area contributed by atoms with Crippen LogP contribution in [0, 0.1) is 0 Å². The van der Waals surface area contributed by atoms with Gasteiger partial charge < -0.3 is 17.0 Å². The summed E-state index contributed by atoms with van der Waals surface area (Å²) in [5.74, 6) is 0. The summed E-state index contributed by atoms with van der Waals surface area (Å²) in [6, 6.07) is 0. The molecule has 1 atom stereocenters. The standard InChI is InChI=1S/C6H5Cl2.BrH.Mg/c7-5-1-2-6(8)4-3-5;;/h1-3H,4H2;1H;/q;;+1/p-1. The Morgan fingerprint density at radius 1 is 1.60 bits per heavy atom. The Morgan fingerprint density at radius 2 is 2.20 bits per heavy atom. The molecular weight excluding hydrogens is 247 g/mol. The first-order valence-corrected chi connectivity index (χ1v) is 4.16. The Hall–Kier alpha value is 1.31. The summed E-state index contributed by atoms with van der Waals surface area (Å²) in [6.45, 7) is 0. The molecule has 0 aliphatic heterocycles. The van der Waals surface area contributed by atoms with Gasteiger partial charge in [-0.2, -0.15) is 0 Å². The van der Waals surface area contributed by atoms with Crippen molar-refractivity contribution in [1.29, 1.82) is 0 Å². The molecule has 10 heavy (non-hydrogen) atoms. The number of hydrogen-bond acceptors (Lipinski definition) is 0. The third kappa shape index (κ3) is 3.63. The van der Waals surface area contributed by atoms with Gasteiger partial charge in [-0.1, -0.05) is 0 Å². The zero-order valence-corrected chi connectivity index (χ0v) is 9.79. The fourth-order valence-corrected chi connectivity index (χ4v) is 1.17. The molecule has 1 unspecified atom stereocenters. The topological polar surface area (TPSA) is 0 Å². The van der Waals surface area contributed by atoms with Crippen LogP contribution in [0.1, 0.15) is 6.42 Å². The van der Waals surface area contributed by atoms with Gasteiger partial charge in [0, 0.05) is 0 Å². The number of rotatable bonds is 0. The van der Waals surface area contributed by atoms with Crippen molar-refractivity contribution in [3.05, 3.63) is 23.3 Å². The van der Waals surface area contributed by atoms with Crippen LogP contribution in [0.25, 0.3) is 0 Å². The van der Waals surface area contributed by atoms with E-state index in [-0.39, 0.29) is 20.0 Å². The molecular formula is C6H5BrCl2Mg. The van der Waals surface area contributed by atoms with E-state index in [1.807, 2.05) is 18.2 Å². The van der Waals surface area contributed by atoms with Gasteiger partial charge in [-0.3, -0.25) is 0 Å². The first-order valence-electron chi connectivity index (χ1n) is 2.69. The van der Waals surface area contributed by atoms with E-state index >= 15 is 0 Å². The van der Waals surface area contributed by atoms with Crippen molar-refractivity contribution in [1.82, 2.24) is 0 Å². The quantitative estimate of drug-likeness (QED) is 0.390. The molecule has 0 amide bonds. The SMILES string of the molecule is [Br-].[Mg+][C]1(Cl)C=CC(Cl)=CC1. The fourth-order valence-electron chi connectivity index (χ4n) is 0.632. The monoisotopic (exact) mass is 250 g/mol. The molecule has 1 rings (SSSR count). The Morgan fingerprint density at radius 3 is 2.50 bits per heavy atom. The van der Waals surface area contributed by atoms with E-state index < -0.39 is 0 Å². The molecule has 4 heteroatoms. The van der Waals surface area contributed by atoms with Crippen LogP contribution in [0.3, 0.4) is 0 Å². The fraction of sp³-hybridized carbons (Fsp3) is 0.333. The molecule has 1 aliphatic rings. The Labute approximate surface area is 93.9 Å². The minimum atomic E-state index is -0.182. The van der Waals surface area contributed by atoms with Gasteiger partial charge in [0.2, 0.25) is 0 Å². The van der Waals surface area contributed by atoms with Gasteiger partial charge in [0.15, 0.2) is 0 Å². The minimum absolute atomic E-state index is 0. The van der Waals surface area contributed by atoms with Crippen molar-refractivity contribution in [2.45, 2.75) is 9.42 Å². The number of halogens is 3. The number of hydrogen-bond donors (Lipinski definition) is 0. The molecule has 0 aromatic heterocycles. The van der Waals surface area contributed by atoms with Crippen LogP contribution in [0.4, 0.5) is 0 Å². The summed E-state index contributed by atoms with van der Waals surface area (Å²) in [5.41, 5.74) is 0. The third-order valence-corrected chi connectivity index (χ3v) is 2.26. The summed E-state index contributed by atoms with van der Waals surface area (Å²) in [6.07, 6.45) is 6.53. The molecule has 0 saturated heterocycles. The Kier molecular flexibility index (Phi) is 4.93. The average Bonchev–Trinajstić information content (AvgIpc) is 1.78. The van der Waals surface area contributed by atoms with Crippen molar-refractivity contribution < 1.29 is 17.0 Å². The normalized spacial score (nSPS) is 31.0. The van der Waals surface area contributed by atoms with E-state index in [0.29, 0.717) is 0 Å². The van der Waals surface area contributed by atoms with Crippen molar-refractivity contribution in [3.8, 4) is 0 Å². The second-order valence-corrected chi connectivity index (χ2v) is 5.06. The van der Waals surface area contributed by atoms with Crippen LogP contribution in [0.5, 0.6) is 0 Å². The molecule has 1 aliphatic carbocycles. The second-order valence-electron chi connectivity index (χ2n) is 2.16. The maximum absolute atomic E-state index is 5.96. The number of alkyl halides is 1. The summed E-state index contributed by atoms with van der Waals surface area (Å²) in [4.78, 5) is 0. The van der Waals surface area contributed by atoms with Gasteiger partial charge in [0.05, 0.1) is 0 Å². The van der Waals surface area contributed by atoms with E-state index in [0.717, 1.165) is 11.5 Å². The molecule has 0 aromatic rings. The summed E-state index contributed by atoms with van der Waals surface area (Å²) in [7, 11) is 0. The first-order chi connectivity index (χ1) is 4.10. The van der Waals surface area contributed by atoms with E-state index in [9.17, 15) is 0 Å². The third-order valence-electron chi connectivity index (χ3n) is 1.18. The summed E-state index contributed by atoms with van der Waals surface area (Å²) < 4.78 is -0.182. The van der Waals surface area contributed by atoms with Crippen LogP contribution in [-0.2, 0) is 0 Å². The maximum atomic E-state index is 5.96. The molecule has 0 nitrogen and oxygen atoms in total. The van der Waals surface area contributed by atoms with Gasteiger partial charge in [-0.15, -0.1) is 0 Å². The van der Waals surface area contributed by atoms with Crippen molar-refractivity contribution in [2.24, 2.45) is 0 Å². The van der Waals surface area contributed by atoms with E-state index in [4.69, 9.17) is 23.2 Å². The Bertz CT molecular complexity index is 175. The van der Waals surface area contributed by atoms with Crippen molar-refractivity contribution in [2.75, 3.05) is 0 Å². The van der Waals surface area contributed by atoms with Crippen molar-refractivity contribution in [3.63, 3.8) is 0 Å². The molecule has 0 bridgehead atoms. The molecule has 0 N–H and O–H groups in total. The average molecular weight is 252 g/mol. The summed E-state index contributed by atoms with van der Waals surface area (Å²) >= 11 is 13.4. The molecule has 0 fully saturated rings. The molecule has 0 saturated carbocycles. The van der Waals surface area contributed by atoms with Gasteiger partial charge in [0.25, 0.3) is 0 Å². The van der Waals surface area contributed by atoms with Crippen LogP contribution in [0.2, 0.25) is 0 Å². The van der Waals surface area contributed by atoms with E-state index in [1.54, 1.807) is 21.7 Å². The van der Waals surface area contributed by atoms with E-state index in [2.05, 4.69) is 0 Å². The zero-order valence-electron chi connectivity index (χ0n) is 5.28. The summed E-state index contributed by atoms with van der Waals surface area (Å²) in [5, 5.41) is 0.790. The second kappa shape index (κ2) is 4.36.